The molecule has 0 atom stereocenters. The highest BCUT2D eigenvalue weighted by atomic mass is 16.5. The molecule has 0 bridgehead atoms. The molecule has 0 saturated heterocycles. The van der Waals surface area contributed by atoms with Crippen LogP contribution in [0.5, 0.6) is 11.5 Å². The number of hydrogen-bond acceptors (Lipinski definition) is 7. The van der Waals surface area contributed by atoms with E-state index in [-0.39, 0.29) is 0 Å². The molecule has 8 nitrogen and oxygen atoms in total. The number of hydrazone groups is 1. The Morgan fingerprint density at radius 1 is 1.11 bits per heavy atom. The first-order chi connectivity index (χ1) is 13.7. The van der Waals surface area contributed by atoms with Crippen LogP contribution in [0.15, 0.2) is 41.5 Å². The number of rotatable bonds is 6. The molecule has 0 unspecified atom stereocenters. The third-order valence-electron chi connectivity index (χ3n) is 4.49. The minimum absolute atomic E-state index is 0.299. The summed E-state index contributed by atoms with van der Waals surface area (Å²) in [5, 5.41) is 13.7. The molecule has 0 aliphatic heterocycles. The van der Waals surface area contributed by atoms with Crippen LogP contribution < -0.4 is 14.9 Å². The van der Waals surface area contributed by atoms with Crippen LogP contribution in [0.1, 0.15) is 18.1 Å². The Hall–Kier alpha value is -3.68. The number of methoxy groups -OCH3 is 2. The number of hydrogen-bond donors (Lipinski definition) is 2. The minimum Gasteiger partial charge on any atom is -0.497 e. The molecule has 0 radical (unpaired) electrons. The maximum Gasteiger partial charge on any atom is 0.265 e. The zero-order valence-electron chi connectivity index (χ0n) is 15.9. The van der Waals surface area contributed by atoms with Crippen molar-refractivity contribution >= 4 is 34.2 Å². The number of fused-ring (bicyclic) bond motifs is 3. The predicted octanol–water partition coefficient (Wildman–Crippen LogP) is 3.53. The minimum atomic E-state index is 0.299. The molecule has 2 aromatic heterocycles. The quantitative estimate of drug-likeness (QED) is 0.395. The second-order valence-corrected chi connectivity index (χ2v) is 6.17. The first-order valence-corrected chi connectivity index (χ1v) is 8.88. The summed E-state index contributed by atoms with van der Waals surface area (Å²) in [6.07, 6.45) is 2.58. The molecule has 8 heteroatoms. The van der Waals surface area contributed by atoms with Gasteiger partial charge in [0.2, 0.25) is 0 Å². The van der Waals surface area contributed by atoms with E-state index >= 15 is 0 Å². The van der Waals surface area contributed by atoms with Crippen LogP contribution in [0.2, 0.25) is 0 Å². The van der Waals surface area contributed by atoms with E-state index in [4.69, 9.17) is 9.47 Å². The van der Waals surface area contributed by atoms with E-state index < -0.39 is 0 Å². The lowest BCUT2D eigenvalue weighted by Gasteiger charge is -2.06. The Balaban J connectivity index is 1.60. The van der Waals surface area contributed by atoms with Crippen LogP contribution in [0.4, 0.5) is 5.95 Å². The molecule has 0 aliphatic rings. The number of anilines is 1. The lowest BCUT2D eigenvalue weighted by atomic mass is 10.1. The fourth-order valence-corrected chi connectivity index (χ4v) is 2.99. The van der Waals surface area contributed by atoms with Gasteiger partial charge in [0.05, 0.1) is 20.4 Å². The van der Waals surface area contributed by atoms with Crippen LogP contribution in [-0.2, 0) is 6.42 Å². The summed E-state index contributed by atoms with van der Waals surface area (Å²) >= 11 is 0. The van der Waals surface area contributed by atoms with Crippen LogP contribution in [0.3, 0.4) is 0 Å². The molecule has 2 N–H and O–H groups in total. The molecule has 142 valence electrons. The zero-order valence-corrected chi connectivity index (χ0v) is 15.9. The molecule has 2 heterocycles. The second kappa shape index (κ2) is 7.51. The highest BCUT2D eigenvalue weighted by molar-refractivity contribution is 6.03. The Morgan fingerprint density at radius 3 is 2.79 bits per heavy atom. The van der Waals surface area contributed by atoms with Gasteiger partial charge < -0.3 is 14.5 Å². The number of aryl methyl sites for hydroxylation is 1. The van der Waals surface area contributed by atoms with Gasteiger partial charge in [0.15, 0.2) is 5.65 Å². The summed E-state index contributed by atoms with van der Waals surface area (Å²) in [7, 11) is 3.22. The number of aromatic nitrogens is 4. The lowest BCUT2D eigenvalue weighted by molar-refractivity contribution is 0.402. The summed E-state index contributed by atoms with van der Waals surface area (Å²) in [6.45, 7) is 2.12. The average molecular weight is 376 g/mol. The monoisotopic (exact) mass is 376 g/mol. The normalized spacial score (nSPS) is 11.4. The smallest absolute Gasteiger partial charge is 0.265 e. The maximum absolute atomic E-state index is 5.33. The van der Waals surface area contributed by atoms with Gasteiger partial charge in [0.1, 0.15) is 17.0 Å². The van der Waals surface area contributed by atoms with Gasteiger partial charge in [-0.05, 0) is 42.3 Å². The van der Waals surface area contributed by atoms with E-state index in [0.29, 0.717) is 23.1 Å². The van der Waals surface area contributed by atoms with Crippen LogP contribution in [0.25, 0.3) is 22.1 Å². The van der Waals surface area contributed by atoms with E-state index in [0.717, 1.165) is 28.4 Å². The molecular weight excluding hydrogens is 356 g/mol. The van der Waals surface area contributed by atoms with Gasteiger partial charge in [0, 0.05) is 16.5 Å². The standard InChI is InChI=1S/C20H20N6O2/c1-4-12-5-7-16-15(9-12)18-19(22-16)23-20(26-24-18)25-21-11-13-10-14(27-2)6-8-17(13)28-3/h5-11H,4H2,1-3H3,(H2,22,23,25,26)/b21-11+. The van der Waals surface area contributed by atoms with E-state index in [1.165, 1.54) is 5.56 Å². The summed E-state index contributed by atoms with van der Waals surface area (Å²) in [5.41, 5.74) is 7.21. The molecule has 0 amide bonds. The molecule has 4 aromatic rings. The molecule has 4 rings (SSSR count). The van der Waals surface area contributed by atoms with Gasteiger partial charge >= 0.3 is 0 Å². The first kappa shape index (κ1) is 17.7. The Morgan fingerprint density at radius 2 is 2.00 bits per heavy atom. The fourth-order valence-electron chi connectivity index (χ4n) is 2.99. The number of ether oxygens (including phenoxy) is 2. The lowest BCUT2D eigenvalue weighted by Crippen LogP contribution is -2.00. The van der Waals surface area contributed by atoms with Gasteiger partial charge in [0.25, 0.3) is 5.95 Å². The van der Waals surface area contributed by atoms with Crippen molar-refractivity contribution in [2.24, 2.45) is 5.10 Å². The predicted molar refractivity (Wildman–Crippen MR) is 109 cm³/mol. The molecule has 0 spiro atoms. The first-order valence-electron chi connectivity index (χ1n) is 8.88. The van der Waals surface area contributed by atoms with Crippen molar-refractivity contribution in [3.63, 3.8) is 0 Å². The Bertz CT molecular complexity index is 1170. The van der Waals surface area contributed by atoms with Crippen molar-refractivity contribution in [3.05, 3.63) is 47.5 Å². The van der Waals surface area contributed by atoms with Gasteiger partial charge in [-0.2, -0.15) is 10.1 Å². The van der Waals surface area contributed by atoms with Crippen molar-refractivity contribution in [2.75, 3.05) is 19.6 Å². The van der Waals surface area contributed by atoms with E-state index in [1.54, 1.807) is 20.4 Å². The number of H-pyrrole nitrogens is 1. The molecule has 0 fully saturated rings. The van der Waals surface area contributed by atoms with Crippen LogP contribution in [-0.4, -0.2) is 40.6 Å². The third kappa shape index (κ3) is 3.32. The Kier molecular flexibility index (Phi) is 4.76. The fraction of sp³-hybridized carbons (Fsp3) is 0.200. The molecule has 0 saturated carbocycles. The Labute approximate surface area is 161 Å². The van der Waals surface area contributed by atoms with Gasteiger partial charge in [-0.1, -0.05) is 13.0 Å². The summed E-state index contributed by atoms with van der Waals surface area (Å²) in [5.74, 6) is 1.70. The molecule has 28 heavy (non-hydrogen) atoms. The van der Waals surface area contributed by atoms with Crippen LogP contribution >= 0.6 is 0 Å². The third-order valence-corrected chi connectivity index (χ3v) is 4.49. The van der Waals surface area contributed by atoms with Gasteiger partial charge in [-0.15, -0.1) is 10.2 Å². The molecule has 0 aliphatic carbocycles. The highest BCUT2D eigenvalue weighted by Gasteiger charge is 2.09. The number of nitrogens with zero attached hydrogens (tertiary/aromatic N) is 4. The SMILES string of the molecule is CCc1ccc2[nH]c3nc(N/N=C/c4cc(OC)ccc4OC)nnc3c2c1. The van der Waals surface area contributed by atoms with E-state index in [2.05, 4.69) is 49.7 Å². The second-order valence-electron chi connectivity index (χ2n) is 6.17. The summed E-state index contributed by atoms with van der Waals surface area (Å²) in [6, 6.07) is 11.7. The van der Waals surface area contributed by atoms with E-state index in [1.807, 2.05) is 24.3 Å². The zero-order chi connectivity index (χ0) is 19.5. The van der Waals surface area contributed by atoms with Crippen molar-refractivity contribution in [3.8, 4) is 11.5 Å². The summed E-state index contributed by atoms with van der Waals surface area (Å²) in [4.78, 5) is 7.73. The number of aromatic amines is 1. The average Bonchev–Trinajstić information content (AvgIpc) is 3.10. The number of benzene rings is 2. The van der Waals surface area contributed by atoms with Crippen molar-refractivity contribution in [1.29, 1.82) is 0 Å². The number of nitrogens with one attached hydrogen (secondary N) is 2. The summed E-state index contributed by atoms with van der Waals surface area (Å²) < 4.78 is 10.6. The van der Waals surface area contributed by atoms with E-state index in [9.17, 15) is 0 Å². The van der Waals surface area contributed by atoms with Gasteiger partial charge in [-0.25, -0.2) is 5.43 Å². The largest absolute Gasteiger partial charge is 0.497 e. The maximum atomic E-state index is 5.33. The van der Waals surface area contributed by atoms with Crippen molar-refractivity contribution in [1.82, 2.24) is 20.2 Å². The molecule has 2 aromatic carbocycles. The molecular formula is C20H20N6O2. The van der Waals surface area contributed by atoms with Gasteiger partial charge in [-0.3, -0.25) is 0 Å². The van der Waals surface area contributed by atoms with Crippen LogP contribution in [0, 0.1) is 0 Å². The van der Waals surface area contributed by atoms with Crippen molar-refractivity contribution in [2.45, 2.75) is 13.3 Å². The highest BCUT2D eigenvalue weighted by Crippen LogP contribution is 2.24. The van der Waals surface area contributed by atoms with Crippen molar-refractivity contribution < 1.29 is 9.47 Å². The topological polar surface area (TPSA) is 97.3 Å².